The van der Waals surface area contributed by atoms with Gasteiger partial charge in [-0.1, -0.05) is 96.8 Å². The molecule has 222 valence electrons. The van der Waals surface area contributed by atoms with Gasteiger partial charge < -0.3 is 4.74 Å². The predicted molar refractivity (Wildman–Crippen MR) is 160 cm³/mol. The molecule has 3 fully saturated rings. The van der Waals surface area contributed by atoms with Crippen LogP contribution in [0.25, 0.3) is 0 Å². The molecule has 3 heteroatoms. The molecule has 4 rings (SSSR count). The second-order valence-corrected chi connectivity index (χ2v) is 13.8. The first kappa shape index (κ1) is 30.8. The minimum atomic E-state index is -0.818. The molecule has 0 saturated heterocycles. The van der Waals surface area contributed by atoms with E-state index in [0.29, 0.717) is 24.5 Å². The van der Waals surface area contributed by atoms with E-state index in [4.69, 9.17) is 4.74 Å². The highest BCUT2D eigenvalue weighted by Gasteiger charge is 2.31. The fourth-order valence-corrected chi connectivity index (χ4v) is 8.54. The van der Waals surface area contributed by atoms with E-state index in [-0.39, 0.29) is 5.75 Å². The number of benzene rings is 1. The second-order valence-electron chi connectivity index (χ2n) is 13.8. The van der Waals surface area contributed by atoms with Crippen LogP contribution in [0.3, 0.4) is 0 Å². The number of hydrogen-bond donors (Lipinski definition) is 0. The lowest BCUT2D eigenvalue weighted by Gasteiger charge is -2.38. The summed E-state index contributed by atoms with van der Waals surface area (Å²) >= 11 is 0. The quantitative estimate of drug-likeness (QED) is 0.224. The molecule has 0 aromatic heterocycles. The van der Waals surface area contributed by atoms with E-state index in [0.717, 1.165) is 41.6 Å². The average Bonchev–Trinajstić information content (AvgIpc) is 2.96. The summed E-state index contributed by atoms with van der Waals surface area (Å²) in [5.41, 5.74) is 1.37. The van der Waals surface area contributed by atoms with E-state index in [1.165, 1.54) is 116 Å². The lowest BCUT2D eigenvalue weighted by Crippen LogP contribution is -2.26. The predicted octanol–water partition coefficient (Wildman–Crippen LogP) is 11.4. The van der Waals surface area contributed by atoms with Crippen molar-refractivity contribution in [3.8, 4) is 5.75 Å². The fraction of sp³-hybridized carbons (Fsp3) is 0.833. The first-order chi connectivity index (χ1) is 19.0. The largest absolute Gasteiger partial charge is 0.491 e. The van der Waals surface area contributed by atoms with Crippen molar-refractivity contribution in [1.82, 2.24) is 0 Å². The zero-order valence-electron chi connectivity index (χ0n) is 25.6. The molecule has 39 heavy (non-hydrogen) atoms. The van der Waals surface area contributed by atoms with Gasteiger partial charge in [-0.15, -0.1) is 0 Å². The van der Waals surface area contributed by atoms with Crippen LogP contribution < -0.4 is 4.74 Å². The van der Waals surface area contributed by atoms with Crippen molar-refractivity contribution in [1.29, 1.82) is 0 Å². The Morgan fingerprint density at radius 3 is 1.64 bits per heavy atom. The van der Waals surface area contributed by atoms with E-state index in [1.807, 2.05) is 6.92 Å². The van der Waals surface area contributed by atoms with E-state index < -0.39 is 11.6 Å². The first-order valence-corrected chi connectivity index (χ1v) is 17.1. The van der Waals surface area contributed by atoms with E-state index in [2.05, 4.69) is 6.92 Å². The molecule has 3 aliphatic rings. The molecule has 0 amide bonds. The molecular formula is C36H58F2O. The number of rotatable bonds is 13. The minimum absolute atomic E-state index is 0.0479. The molecular weight excluding hydrogens is 486 g/mol. The third kappa shape index (κ3) is 8.93. The molecule has 1 nitrogen and oxygen atoms in total. The molecule has 0 unspecified atom stereocenters. The highest BCUT2D eigenvalue weighted by Crippen LogP contribution is 2.44. The molecule has 0 heterocycles. The summed E-state index contributed by atoms with van der Waals surface area (Å²) in [4.78, 5) is 0. The van der Waals surface area contributed by atoms with Crippen LogP contribution in [0, 0.1) is 54.1 Å². The van der Waals surface area contributed by atoms with Crippen molar-refractivity contribution in [2.45, 2.75) is 149 Å². The summed E-state index contributed by atoms with van der Waals surface area (Å²) in [7, 11) is 0. The van der Waals surface area contributed by atoms with Crippen LogP contribution in [0.4, 0.5) is 8.78 Å². The Bertz CT molecular complexity index is 842. The molecule has 0 bridgehead atoms. The highest BCUT2D eigenvalue weighted by atomic mass is 19.2. The standard InChI is InChI=1S/C36H58F2O/c1-4-6-7-8-27-9-11-28(12-10-27)13-14-29-15-20-31(21-16-29)32-22-17-30(18-23-32)19-24-33-26(3)25-34(39-5-2)36(38)35(33)37/h25,27-32H,4-24H2,1-3H3. The summed E-state index contributed by atoms with van der Waals surface area (Å²) in [5, 5.41) is 0. The van der Waals surface area contributed by atoms with Crippen molar-refractivity contribution in [2.75, 3.05) is 6.61 Å². The van der Waals surface area contributed by atoms with Gasteiger partial charge in [0.05, 0.1) is 6.61 Å². The van der Waals surface area contributed by atoms with Gasteiger partial charge in [0, 0.05) is 0 Å². The first-order valence-electron chi connectivity index (χ1n) is 17.1. The summed E-state index contributed by atoms with van der Waals surface area (Å²) in [6, 6.07) is 1.67. The number of halogens is 2. The Labute approximate surface area is 239 Å². The van der Waals surface area contributed by atoms with Crippen LogP contribution in [-0.4, -0.2) is 6.61 Å². The third-order valence-electron chi connectivity index (χ3n) is 11.2. The maximum atomic E-state index is 14.7. The molecule has 0 aliphatic heterocycles. The topological polar surface area (TPSA) is 9.23 Å². The lowest BCUT2D eigenvalue weighted by molar-refractivity contribution is 0.136. The Kier molecular flexibility index (Phi) is 12.5. The van der Waals surface area contributed by atoms with Gasteiger partial charge in [-0.2, -0.15) is 4.39 Å². The molecule has 1 aromatic carbocycles. The minimum Gasteiger partial charge on any atom is -0.491 e. The molecule has 0 spiro atoms. The Hall–Kier alpha value is -1.12. The average molecular weight is 545 g/mol. The SMILES string of the molecule is CCCCCC1CCC(CCC2CCC(C3CCC(CCc4c(C)cc(OCC)c(F)c4F)CC3)CC2)CC1. The smallest absolute Gasteiger partial charge is 0.200 e. The van der Waals surface area contributed by atoms with Gasteiger partial charge in [-0.3, -0.25) is 0 Å². The van der Waals surface area contributed by atoms with Crippen LogP contribution in [0.1, 0.15) is 147 Å². The zero-order chi connectivity index (χ0) is 27.6. The second kappa shape index (κ2) is 15.8. The van der Waals surface area contributed by atoms with E-state index in [1.54, 1.807) is 13.0 Å². The third-order valence-corrected chi connectivity index (χ3v) is 11.2. The Balaban J connectivity index is 1.10. The highest BCUT2D eigenvalue weighted by molar-refractivity contribution is 5.38. The van der Waals surface area contributed by atoms with Gasteiger partial charge in [-0.05, 0) is 105 Å². The van der Waals surface area contributed by atoms with Crippen molar-refractivity contribution >= 4 is 0 Å². The zero-order valence-corrected chi connectivity index (χ0v) is 25.6. The molecule has 1 aromatic rings. The van der Waals surface area contributed by atoms with Crippen molar-refractivity contribution in [3.05, 3.63) is 28.8 Å². The summed E-state index contributed by atoms with van der Waals surface area (Å²) in [5.74, 6) is 4.11. The molecule has 0 radical (unpaired) electrons. The maximum Gasteiger partial charge on any atom is 0.200 e. The Morgan fingerprint density at radius 2 is 1.13 bits per heavy atom. The summed E-state index contributed by atoms with van der Waals surface area (Å²) < 4.78 is 34.4. The molecule has 0 atom stereocenters. The number of unbranched alkanes of at least 4 members (excludes halogenated alkanes) is 2. The monoisotopic (exact) mass is 544 g/mol. The Morgan fingerprint density at radius 1 is 0.641 bits per heavy atom. The van der Waals surface area contributed by atoms with E-state index >= 15 is 0 Å². The normalized spacial score (nSPS) is 29.9. The van der Waals surface area contributed by atoms with Gasteiger partial charge in [0.25, 0.3) is 0 Å². The van der Waals surface area contributed by atoms with Gasteiger partial charge in [0.2, 0.25) is 5.82 Å². The van der Waals surface area contributed by atoms with Gasteiger partial charge in [-0.25, -0.2) is 4.39 Å². The van der Waals surface area contributed by atoms with Crippen LogP contribution in [0.15, 0.2) is 6.07 Å². The van der Waals surface area contributed by atoms with Crippen LogP contribution in [0.5, 0.6) is 5.75 Å². The summed E-state index contributed by atoms with van der Waals surface area (Å²) in [6.45, 7) is 6.34. The lowest BCUT2D eigenvalue weighted by atomic mass is 9.67. The summed E-state index contributed by atoms with van der Waals surface area (Å²) in [6.07, 6.45) is 27.5. The molecule has 3 saturated carbocycles. The van der Waals surface area contributed by atoms with Gasteiger partial charge >= 0.3 is 0 Å². The number of ether oxygens (including phenoxy) is 1. The van der Waals surface area contributed by atoms with E-state index in [9.17, 15) is 8.78 Å². The van der Waals surface area contributed by atoms with Crippen LogP contribution in [0.2, 0.25) is 0 Å². The van der Waals surface area contributed by atoms with Crippen molar-refractivity contribution in [2.24, 2.45) is 35.5 Å². The fourth-order valence-electron chi connectivity index (χ4n) is 8.54. The van der Waals surface area contributed by atoms with Crippen molar-refractivity contribution in [3.63, 3.8) is 0 Å². The maximum absolute atomic E-state index is 14.7. The van der Waals surface area contributed by atoms with Gasteiger partial charge in [0.1, 0.15) is 0 Å². The molecule has 3 aliphatic carbocycles. The van der Waals surface area contributed by atoms with Crippen molar-refractivity contribution < 1.29 is 13.5 Å². The van der Waals surface area contributed by atoms with Crippen LogP contribution in [-0.2, 0) is 6.42 Å². The van der Waals surface area contributed by atoms with Gasteiger partial charge in [0.15, 0.2) is 11.6 Å². The van der Waals surface area contributed by atoms with Crippen LogP contribution >= 0.6 is 0 Å². The molecule has 0 N–H and O–H groups in total. The number of aryl methyl sites for hydroxylation is 1. The number of hydrogen-bond acceptors (Lipinski definition) is 1.